The minimum atomic E-state index is -0.614. The molecule has 0 bridgehead atoms. The summed E-state index contributed by atoms with van der Waals surface area (Å²) in [5.41, 5.74) is 2.74. The molecule has 0 amide bonds. The highest BCUT2D eigenvalue weighted by molar-refractivity contribution is 7.13. The standard InChI is InChI=1S/C18H18N2O3S/c1-3-12-7-8-13(4-2)14(10-12)15(21)11-20-18(22)23-17(19-20)16-6-5-9-24-16/h5-10H,3-4,11H2,1-2H3. The minimum Gasteiger partial charge on any atom is -0.387 e. The highest BCUT2D eigenvalue weighted by Gasteiger charge is 2.17. The number of ketones is 1. The maximum atomic E-state index is 12.7. The Balaban J connectivity index is 1.89. The SMILES string of the molecule is CCc1ccc(CC)c(C(=O)Cn2nc(-c3cccs3)oc2=O)c1. The number of hydrogen-bond donors (Lipinski definition) is 0. The second-order valence-electron chi connectivity index (χ2n) is 5.43. The van der Waals surface area contributed by atoms with E-state index in [9.17, 15) is 9.59 Å². The number of carbonyl (C=O) groups excluding carboxylic acids is 1. The first-order valence-electron chi connectivity index (χ1n) is 7.89. The van der Waals surface area contributed by atoms with Crippen molar-refractivity contribution in [3.63, 3.8) is 0 Å². The fourth-order valence-corrected chi connectivity index (χ4v) is 3.18. The van der Waals surface area contributed by atoms with Gasteiger partial charge in [0, 0.05) is 5.56 Å². The van der Waals surface area contributed by atoms with E-state index >= 15 is 0 Å². The monoisotopic (exact) mass is 342 g/mol. The maximum absolute atomic E-state index is 12.7. The molecular weight excluding hydrogens is 324 g/mol. The fourth-order valence-electron chi connectivity index (χ4n) is 2.54. The van der Waals surface area contributed by atoms with Crippen LogP contribution in [0.25, 0.3) is 10.8 Å². The number of thiophene rings is 1. The molecule has 3 rings (SSSR count). The quantitative estimate of drug-likeness (QED) is 0.642. The van der Waals surface area contributed by atoms with E-state index in [0.29, 0.717) is 5.56 Å². The van der Waals surface area contributed by atoms with Crippen molar-refractivity contribution in [2.24, 2.45) is 0 Å². The lowest BCUT2D eigenvalue weighted by Crippen LogP contribution is -2.22. The molecule has 0 atom stereocenters. The van der Waals surface area contributed by atoms with E-state index in [0.717, 1.165) is 33.5 Å². The Labute approximate surface area is 143 Å². The van der Waals surface area contributed by atoms with Crippen molar-refractivity contribution in [2.75, 3.05) is 0 Å². The topological polar surface area (TPSA) is 65.1 Å². The van der Waals surface area contributed by atoms with Crippen molar-refractivity contribution in [2.45, 2.75) is 33.2 Å². The first-order valence-corrected chi connectivity index (χ1v) is 8.77. The number of benzene rings is 1. The third-order valence-electron chi connectivity index (χ3n) is 3.90. The Kier molecular flexibility index (Phi) is 4.76. The molecule has 0 radical (unpaired) electrons. The van der Waals surface area contributed by atoms with Gasteiger partial charge in [0.25, 0.3) is 5.89 Å². The van der Waals surface area contributed by atoms with E-state index in [2.05, 4.69) is 5.10 Å². The van der Waals surface area contributed by atoms with Crippen LogP contribution in [0.5, 0.6) is 0 Å². The number of hydrogen-bond acceptors (Lipinski definition) is 5. The van der Waals surface area contributed by atoms with Gasteiger partial charge in [-0.3, -0.25) is 4.79 Å². The molecular formula is C18H18N2O3S. The summed E-state index contributed by atoms with van der Waals surface area (Å²) in [6, 6.07) is 9.60. The van der Waals surface area contributed by atoms with Gasteiger partial charge in [-0.2, -0.15) is 4.68 Å². The number of carbonyl (C=O) groups is 1. The van der Waals surface area contributed by atoms with Gasteiger partial charge in [-0.15, -0.1) is 16.4 Å². The molecule has 0 aliphatic heterocycles. The third-order valence-corrected chi connectivity index (χ3v) is 4.75. The number of aryl methyl sites for hydroxylation is 2. The zero-order valence-corrected chi connectivity index (χ0v) is 14.4. The van der Waals surface area contributed by atoms with Gasteiger partial charge in [0.05, 0.1) is 4.88 Å². The van der Waals surface area contributed by atoms with Gasteiger partial charge in [0.2, 0.25) is 0 Å². The van der Waals surface area contributed by atoms with E-state index in [-0.39, 0.29) is 18.2 Å². The zero-order chi connectivity index (χ0) is 17.1. The van der Waals surface area contributed by atoms with Crippen LogP contribution in [0.4, 0.5) is 0 Å². The molecule has 0 N–H and O–H groups in total. The average Bonchev–Trinajstić information content (AvgIpc) is 3.24. The molecule has 0 fully saturated rings. The van der Waals surface area contributed by atoms with Crippen molar-refractivity contribution >= 4 is 17.1 Å². The summed E-state index contributed by atoms with van der Waals surface area (Å²) in [6.07, 6.45) is 1.62. The van der Waals surface area contributed by atoms with Crippen LogP contribution >= 0.6 is 11.3 Å². The molecule has 5 nitrogen and oxygen atoms in total. The highest BCUT2D eigenvalue weighted by Crippen LogP contribution is 2.21. The Morgan fingerprint density at radius 2 is 2.08 bits per heavy atom. The van der Waals surface area contributed by atoms with Crippen molar-refractivity contribution in [1.82, 2.24) is 9.78 Å². The van der Waals surface area contributed by atoms with Crippen molar-refractivity contribution < 1.29 is 9.21 Å². The molecule has 6 heteroatoms. The van der Waals surface area contributed by atoms with Crippen LogP contribution in [0.1, 0.15) is 35.3 Å². The van der Waals surface area contributed by atoms with E-state index in [1.165, 1.54) is 11.3 Å². The van der Waals surface area contributed by atoms with E-state index in [1.807, 2.05) is 49.6 Å². The summed E-state index contributed by atoms with van der Waals surface area (Å²) >= 11 is 1.43. The minimum absolute atomic E-state index is 0.117. The second-order valence-corrected chi connectivity index (χ2v) is 6.38. The van der Waals surface area contributed by atoms with Crippen molar-refractivity contribution in [3.05, 3.63) is 63.0 Å². The maximum Gasteiger partial charge on any atom is 0.437 e. The molecule has 1 aromatic carbocycles. The first-order chi connectivity index (χ1) is 11.6. The predicted octanol–water partition coefficient (Wildman–Crippen LogP) is 3.57. The normalized spacial score (nSPS) is 10.9. The number of aromatic nitrogens is 2. The summed E-state index contributed by atoms with van der Waals surface area (Å²) < 4.78 is 6.24. The molecule has 3 aromatic rings. The zero-order valence-electron chi connectivity index (χ0n) is 13.6. The predicted molar refractivity (Wildman–Crippen MR) is 93.6 cm³/mol. The summed E-state index contributed by atoms with van der Waals surface area (Å²) in [5.74, 6) is -0.493. The molecule has 0 saturated carbocycles. The van der Waals surface area contributed by atoms with Gasteiger partial charge in [-0.25, -0.2) is 4.79 Å². The lowest BCUT2D eigenvalue weighted by molar-refractivity contribution is 0.0964. The molecule has 2 heterocycles. The summed E-state index contributed by atoms with van der Waals surface area (Å²) in [6.45, 7) is 3.94. The van der Waals surface area contributed by atoms with Gasteiger partial charge >= 0.3 is 5.76 Å². The van der Waals surface area contributed by atoms with Crippen LogP contribution in [0.15, 0.2) is 44.9 Å². The van der Waals surface area contributed by atoms with E-state index in [4.69, 9.17) is 4.42 Å². The van der Waals surface area contributed by atoms with Crippen molar-refractivity contribution in [1.29, 1.82) is 0 Å². The third kappa shape index (κ3) is 3.23. The highest BCUT2D eigenvalue weighted by atomic mass is 32.1. The Morgan fingerprint density at radius 1 is 1.25 bits per heavy atom. The summed E-state index contributed by atoms with van der Waals surface area (Å²) in [7, 11) is 0. The lowest BCUT2D eigenvalue weighted by atomic mass is 9.98. The van der Waals surface area contributed by atoms with Crippen LogP contribution in [-0.4, -0.2) is 15.6 Å². The molecule has 0 aliphatic rings. The fraction of sp³-hybridized carbons (Fsp3) is 0.278. The molecule has 0 aliphatic carbocycles. The van der Waals surface area contributed by atoms with Crippen LogP contribution in [0.2, 0.25) is 0 Å². The number of nitrogens with zero attached hydrogens (tertiary/aromatic N) is 2. The molecule has 24 heavy (non-hydrogen) atoms. The van der Waals surface area contributed by atoms with Gasteiger partial charge in [0.1, 0.15) is 6.54 Å². The molecule has 124 valence electrons. The van der Waals surface area contributed by atoms with Gasteiger partial charge < -0.3 is 4.42 Å². The molecule has 0 unspecified atom stereocenters. The van der Waals surface area contributed by atoms with Crippen LogP contribution in [0, 0.1) is 0 Å². The van der Waals surface area contributed by atoms with Gasteiger partial charge in [-0.1, -0.05) is 32.0 Å². The Morgan fingerprint density at radius 3 is 2.75 bits per heavy atom. The molecule has 0 saturated heterocycles. The molecule has 0 spiro atoms. The smallest absolute Gasteiger partial charge is 0.387 e. The van der Waals surface area contributed by atoms with E-state index < -0.39 is 5.76 Å². The Bertz CT molecular complexity index is 907. The second kappa shape index (κ2) is 6.97. The Hall–Kier alpha value is -2.47. The van der Waals surface area contributed by atoms with Crippen LogP contribution in [-0.2, 0) is 19.4 Å². The van der Waals surface area contributed by atoms with E-state index in [1.54, 1.807) is 0 Å². The largest absolute Gasteiger partial charge is 0.437 e. The van der Waals surface area contributed by atoms with Crippen LogP contribution < -0.4 is 5.76 Å². The number of rotatable bonds is 6. The first kappa shape index (κ1) is 16.4. The summed E-state index contributed by atoms with van der Waals surface area (Å²) in [4.78, 5) is 25.4. The van der Waals surface area contributed by atoms with Gasteiger partial charge in [-0.05, 0) is 41.5 Å². The number of Topliss-reactive ketones (excluding diaryl/α,β-unsaturated/α-hetero) is 1. The lowest BCUT2D eigenvalue weighted by Gasteiger charge is -2.08. The average molecular weight is 342 g/mol. The van der Waals surface area contributed by atoms with Gasteiger partial charge in [0.15, 0.2) is 5.78 Å². The van der Waals surface area contributed by atoms with Crippen LogP contribution in [0.3, 0.4) is 0 Å². The summed E-state index contributed by atoms with van der Waals surface area (Å²) in [5, 5.41) is 6.02. The molecule has 2 aromatic heterocycles. The van der Waals surface area contributed by atoms with Crippen molar-refractivity contribution in [3.8, 4) is 10.8 Å².